The van der Waals surface area contributed by atoms with Gasteiger partial charge in [0.05, 0.1) is 22.5 Å². The summed E-state index contributed by atoms with van der Waals surface area (Å²) in [6.07, 6.45) is 2.22. The summed E-state index contributed by atoms with van der Waals surface area (Å²) in [6.45, 7) is 4.99. The van der Waals surface area contributed by atoms with Crippen LogP contribution in [-0.4, -0.2) is 47.8 Å². The van der Waals surface area contributed by atoms with Gasteiger partial charge in [-0.15, -0.1) is 0 Å². The fourth-order valence-corrected chi connectivity index (χ4v) is 6.94. The van der Waals surface area contributed by atoms with Gasteiger partial charge in [-0.25, -0.2) is 17.2 Å². The molecule has 0 unspecified atom stereocenters. The van der Waals surface area contributed by atoms with Crippen molar-refractivity contribution in [2.75, 3.05) is 18.4 Å². The van der Waals surface area contributed by atoms with Gasteiger partial charge in [0.25, 0.3) is 0 Å². The van der Waals surface area contributed by atoms with E-state index in [9.17, 15) is 22.0 Å². The molecular weight excluding hydrogens is 500 g/mol. The van der Waals surface area contributed by atoms with Crippen LogP contribution in [0.15, 0.2) is 47.4 Å². The van der Waals surface area contributed by atoms with Crippen molar-refractivity contribution in [2.45, 2.75) is 56.1 Å². The van der Waals surface area contributed by atoms with Crippen LogP contribution in [0, 0.1) is 11.6 Å². The normalized spacial score (nSPS) is 19.2. The third-order valence-corrected chi connectivity index (χ3v) is 9.14. The molecule has 5 rings (SSSR count). The predicted molar refractivity (Wildman–Crippen MR) is 135 cm³/mol. The Bertz CT molecular complexity index is 1430. The van der Waals surface area contributed by atoms with Crippen LogP contribution in [0.5, 0.6) is 0 Å². The highest BCUT2D eigenvalue weighted by molar-refractivity contribution is 7.89. The molecule has 2 aliphatic rings. The van der Waals surface area contributed by atoms with Gasteiger partial charge in [0.2, 0.25) is 10.0 Å². The number of fused-ring (bicyclic) bond motifs is 1. The summed E-state index contributed by atoms with van der Waals surface area (Å²) in [7, 11) is -4.25. The van der Waals surface area contributed by atoms with Crippen LogP contribution in [0.4, 0.5) is 14.5 Å². The van der Waals surface area contributed by atoms with Crippen molar-refractivity contribution in [2.24, 2.45) is 0 Å². The number of halogens is 2. The number of nitrogens with one attached hydrogen (secondary N) is 3. The Balaban J connectivity index is 1.38. The molecule has 0 spiro atoms. The Kier molecular flexibility index (Phi) is 6.63. The second-order valence-electron chi connectivity index (χ2n) is 10.0. The smallest absolute Gasteiger partial charge is 0.244 e. The van der Waals surface area contributed by atoms with E-state index in [1.807, 2.05) is 12.1 Å². The number of aromatic amines is 1. The van der Waals surface area contributed by atoms with Gasteiger partial charge >= 0.3 is 0 Å². The molecule has 3 N–H and O–H groups in total. The molecule has 0 radical (unpaired) electrons. The first-order chi connectivity index (χ1) is 17.6. The minimum absolute atomic E-state index is 0.00126. The van der Waals surface area contributed by atoms with E-state index in [1.54, 1.807) is 26.0 Å². The largest absolute Gasteiger partial charge is 0.383 e. The van der Waals surface area contributed by atoms with Gasteiger partial charge in [-0.3, -0.25) is 9.89 Å². The molecule has 0 aliphatic carbocycles. The number of anilines is 1. The SMILES string of the molecule is CC1(C)c2n[nH]c(CC(=O)c3ccccc3NC[C@@H]3CCCN3)c2CN1S(=O)(=O)c1cc(F)cc(F)c1. The maximum absolute atomic E-state index is 13.8. The number of carbonyl (C=O) groups excluding carboxylic acids is 1. The summed E-state index contributed by atoms with van der Waals surface area (Å²) in [5.41, 5.74) is 1.79. The molecule has 0 amide bonds. The summed E-state index contributed by atoms with van der Waals surface area (Å²) < 4.78 is 55.5. The quantitative estimate of drug-likeness (QED) is 0.384. The van der Waals surface area contributed by atoms with Crippen LogP contribution in [0.25, 0.3) is 0 Å². The highest BCUT2D eigenvalue weighted by Crippen LogP contribution is 2.42. The summed E-state index contributed by atoms with van der Waals surface area (Å²) >= 11 is 0. The van der Waals surface area contributed by atoms with Gasteiger partial charge in [-0.2, -0.15) is 9.40 Å². The standard InChI is InChI=1S/C26H29F2N5O3S/c1-26(2)25-21(15-33(26)37(35,36)19-11-16(27)10-17(28)12-19)23(31-32-25)13-24(34)20-7-3-4-8-22(20)30-14-18-6-5-9-29-18/h3-4,7-8,10-12,18,29-30H,5-6,9,13-15H2,1-2H3,(H,31,32)/t18-/m0/s1. The van der Waals surface area contributed by atoms with Crippen molar-refractivity contribution in [3.8, 4) is 0 Å². The van der Waals surface area contributed by atoms with Crippen molar-refractivity contribution < 1.29 is 22.0 Å². The van der Waals surface area contributed by atoms with Gasteiger partial charge in [-0.1, -0.05) is 12.1 Å². The topological polar surface area (TPSA) is 107 Å². The van der Waals surface area contributed by atoms with E-state index in [1.165, 1.54) is 0 Å². The average molecular weight is 530 g/mol. The zero-order valence-electron chi connectivity index (χ0n) is 20.6. The van der Waals surface area contributed by atoms with Gasteiger partial charge in [0, 0.05) is 47.7 Å². The Hall–Kier alpha value is -3.15. The van der Waals surface area contributed by atoms with Gasteiger partial charge in [0.15, 0.2) is 5.78 Å². The molecule has 37 heavy (non-hydrogen) atoms. The number of sulfonamides is 1. The highest BCUT2D eigenvalue weighted by atomic mass is 32.2. The molecule has 11 heteroatoms. The van der Waals surface area contributed by atoms with Crippen LogP contribution in [0.1, 0.15) is 54.0 Å². The Morgan fingerprint density at radius 1 is 1.19 bits per heavy atom. The summed E-state index contributed by atoms with van der Waals surface area (Å²) in [5, 5.41) is 14.1. The molecule has 3 aromatic rings. The molecule has 3 heterocycles. The molecular formula is C26H29F2N5O3S. The number of benzene rings is 2. The van der Waals surface area contributed by atoms with E-state index < -0.39 is 32.1 Å². The molecule has 1 fully saturated rings. The molecule has 196 valence electrons. The number of nitrogens with zero attached hydrogens (tertiary/aromatic N) is 2. The van der Waals surface area contributed by atoms with Crippen LogP contribution in [0.2, 0.25) is 0 Å². The zero-order valence-corrected chi connectivity index (χ0v) is 21.5. The van der Waals surface area contributed by atoms with Gasteiger partial charge in [-0.05, 0) is 57.5 Å². The number of Topliss-reactive ketones (excluding diaryl/α,β-unsaturated/α-hetero) is 1. The van der Waals surface area contributed by atoms with Crippen LogP contribution >= 0.6 is 0 Å². The second-order valence-corrected chi connectivity index (χ2v) is 11.9. The Labute approximate surface area is 214 Å². The Morgan fingerprint density at radius 3 is 2.62 bits per heavy atom. The first kappa shape index (κ1) is 25.5. The maximum Gasteiger partial charge on any atom is 0.244 e. The van der Waals surface area contributed by atoms with E-state index in [2.05, 4.69) is 20.8 Å². The van der Waals surface area contributed by atoms with Crippen molar-refractivity contribution in [1.82, 2.24) is 19.8 Å². The number of ketones is 1. The lowest BCUT2D eigenvalue weighted by atomic mass is 9.98. The maximum atomic E-state index is 13.8. The van der Waals surface area contributed by atoms with E-state index in [0.717, 1.165) is 41.5 Å². The minimum Gasteiger partial charge on any atom is -0.383 e. The first-order valence-electron chi connectivity index (χ1n) is 12.2. The molecule has 2 aliphatic heterocycles. The van der Waals surface area contributed by atoms with Crippen molar-refractivity contribution in [1.29, 1.82) is 0 Å². The lowest BCUT2D eigenvalue weighted by Crippen LogP contribution is -2.40. The van der Waals surface area contributed by atoms with Crippen LogP contribution in [-0.2, 0) is 28.5 Å². The molecule has 0 saturated carbocycles. The number of rotatable bonds is 8. The number of aromatic nitrogens is 2. The number of hydrogen-bond acceptors (Lipinski definition) is 6. The van der Waals surface area contributed by atoms with Crippen LogP contribution < -0.4 is 10.6 Å². The zero-order chi connectivity index (χ0) is 26.4. The van der Waals surface area contributed by atoms with E-state index >= 15 is 0 Å². The molecule has 2 aromatic carbocycles. The fraction of sp³-hybridized carbons (Fsp3) is 0.385. The van der Waals surface area contributed by atoms with Crippen molar-refractivity contribution >= 4 is 21.5 Å². The Morgan fingerprint density at radius 2 is 1.92 bits per heavy atom. The third kappa shape index (κ3) is 4.78. The first-order valence-corrected chi connectivity index (χ1v) is 13.7. The van der Waals surface area contributed by atoms with Crippen molar-refractivity contribution in [3.05, 3.63) is 76.6 Å². The van der Waals surface area contributed by atoms with E-state index in [-0.39, 0.29) is 18.7 Å². The molecule has 1 saturated heterocycles. The second kappa shape index (κ2) is 9.62. The summed E-state index contributed by atoms with van der Waals surface area (Å²) in [4.78, 5) is 12.9. The predicted octanol–water partition coefficient (Wildman–Crippen LogP) is 3.72. The highest BCUT2D eigenvalue weighted by Gasteiger charge is 2.48. The third-order valence-electron chi connectivity index (χ3n) is 7.15. The van der Waals surface area contributed by atoms with Crippen molar-refractivity contribution in [3.63, 3.8) is 0 Å². The lowest BCUT2D eigenvalue weighted by molar-refractivity contribution is 0.0992. The average Bonchev–Trinajstić information content (AvgIpc) is 3.56. The number of hydrogen-bond donors (Lipinski definition) is 3. The van der Waals surface area contributed by atoms with E-state index in [0.29, 0.717) is 41.2 Å². The number of carbonyl (C=O) groups is 1. The van der Waals surface area contributed by atoms with Crippen LogP contribution in [0.3, 0.4) is 0 Å². The molecule has 1 atom stereocenters. The molecule has 0 bridgehead atoms. The molecule has 8 nitrogen and oxygen atoms in total. The monoisotopic (exact) mass is 529 g/mol. The summed E-state index contributed by atoms with van der Waals surface area (Å²) in [6, 6.07) is 9.90. The molecule has 1 aromatic heterocycles. The number of H-pyrrole nitrogens is 1. The lowest BCUT2D eigenvalue weighted by Gasteiger charge is -2.30. The van der Waals surface area contributed by atoms with E-state index in [4.69, 9.17) is 0 Å². The summed E-state index contributed by atoms with van der Waals surface area (Å²) in [5.74, 6) is -2.09. The van der Waals surface area contributed by atoms with Gasteiger partial charge < -0.3 is 10.6 Å². The fourth-order valence-electron chi connectivity index (χ4n) is 5.17. The van der Waals surface area contributed by atoms with Gasteiger partial charge in [0.1, 0.15) is 11.6 Å². The number of para-hydroxylation sites is 1. The minimum atomic E-state index is -4.25.